The van der Waals surface area contributed by atoms with Gasteiger partial charge in [0.25, 0.3) is 0 Å². The number of benzene rings is 2. The van der Waals surface area contributed by atoms with Crippen LogP contribution >= 0.6 is 0 Å². The molecule has 9 heteroatoms. The predicted octanol–water partition coefficient (Wildman–Crippen LogP) is 3.78. The van der Waals surface area contributed by atoms with Gasteiger partial charge in [0.2, 0.25) is 17.7 Å². The summed E-state index contributed by atoms with van der Waals surface area (Å²) < 4.78 is 5.33. The molecule has 5 N–H and O–H groups in total. The monoisotopic (exact) mass is 526 g/mol. The second-order valence-corrected chi connectivity index (χ2v) is 11.7. The molecule has 0 bridgehead atoms. The molecule has 0 radical (unpaired) electrons. The minimum atomic E-state index is -1.03. The molecule has 2 aromatic carbocycles. The number of rotatable bonds is 10. The Balaban J connectivity index is 2.10. The van der Waals surface area contributed by atoms with E-state index in [0.717, 1.165) is 16.3 Å². The highest BCUT2D eigenvalue weighted by Gasteiger charge is 2.41. The van der Waals surface area contributed by atoms with Crippen LogP contribution in [-0.4, -0.2) is 41.5 Å². The van der Waals surface area contributed by atoms with Crippen LogP contribution in [0.2, 0.25) is 0 Å². The largest absolute Gasteiger partial charge is 0.446 e. The summed E-state index contributed by atoms with van der Waals surface area (Å²) >= 11 is 0. The zero-order valence-corrected chi connectivity index (χ0v) is 23.5. The fraction of sp³-hybridized carbons (Fsp3) is 0.517. The summed E-state index contributed by atoms with van der Waals surface area (Å²) in [6, 6.07) is 12.9. The maximum atomic E-state index is 13.4. The number of carbonyl (C=O) groups excluding carboxylic acids is 4. The first-order valence-electron chi connectivity index (χ1n) is 12.9. The van der Waals surface area contributed by atoms with Crippen LogP contribution in [0.5, 0.6) is 0 Å². The van der Waals surface area contributed by atoms with Crippen molar-refractivity contribution < 1.29 is 23.9 Å². The van der Waals surface area contributed by atoms with Crippen molar-refractivity contribution in [3.05, 3.63) is 48.0 Å². The lowest BCUT2D eigenvalue weighted by atomic mass is 9.75. The van der Waals surface area contributed by atoms with Crippen LogP contribution in [0.4, 0.5) is 4.79 Å². The van der Waals surface area contributed by atoms with E-state index < -0.39 is 41.0 Å². The van der Waals surface area contributed by atoms with E-state index in [1.165, 1.54) is 0 Å². The standard InChI is InChI=1S/C29H42N4O5/c1-18(25(35)31-17-20-13-10-12-19-11-8-9-14-21(19)20)32-26(36)24(28(2,3)4)22(38-27(30)37)15-16-23(34)33-29(5,6)7/h8-14,18,22,24H,15-17H2,1-7H3,(H2,30,37)(H,31,35)(H,32,36)(H,33,34)/t18-,22?,24-/m0/s1. The maximum absolute atomic E-state index is 13.4. The SMILES string of the molecule is C[C@H](NC(=O)[C@H](C(CCC(=O)NC(C)(C)C)OC(N)=O)C(C)(C)C)C(=O)NCc1cccc2ccccc12. The molecule has 1 unspecified atom stereocenters. The third kappa shape index (κ3) is 9.36. The average molecular weight is 527 g/mol. The molecule has 0 saturated carbocycles. The summed E-state index contributed by atoms with van der Waals surface area (Å²) in [5.41, 5.74) is 5.19. The second-order valence-electron chi connectivity index (χ2n) is 11.7. The van der Waals surface area contributed by atoms with Gasteiger partial charge in [-0.2, -0.15) is 0 Å². The molecular weight excluding hydrogens is 484 g/mol. The Labute approximate surface area is 225 Å². The molecule has 0 aliphatic rings. The Morgan fingerprint density at radius 3 is 2.16 bits per heavy atom. The third-order valence-corrected chi connectivity index (χ3v) is 6.11. The predicted molar refractivity (Wildman–Crippen MR) is 148 cm³/mol. The Morgan fingerprint density at radius 1 is 0.921 bits per heavy atom. The quantitative estimate of drug-likeness (QED) is 0.373. The Hall–Kier alpha value is -3.62. The van der Waals surface area contributed by atoms with E-state index in [0.29, 0.717) is 6.54 Å². The molecule has 0 aliphatic carbocycles. The first kappa shape index (κ1) is 30.6. The molecule has 3 atom stereocenters. The number of amides is 4. The lowest BCUT2D eigenvalue weighted by Gasteiger charge is -2.36. The number of nitrogens with two attached hydrogens (primary N) is 1. The zero-order valence-electron chi connectivity index (χ0n) is 23.5. The first-order chi connectivity index (χ1) is 17.6. The molecule has 0 spiro atoms. The van der Waals surface area contributed by atoms with Crippen molar-refractivity contribution in [3.8, 4) is 0 Å². The van der Waals surface area contributed by atoms with Gasteiger partial charge in [0.15, 0.2) is 0 Å². The fourth-order valence-corrected chi connectivity index (χ4v) is 4.47. The first-order valence-corrected chi connectivity index (χ1v) is 12.9. The van der Waals surface area contributed by atoms with Crippen LogP contribution in [-0.2, 0) is 25.7 Å². The van der Waals surface area contributed by atoms with Gasteiger partial charge in [0, 0.05) is 18.5 Å². The van der Waals surface area contributed by atoms with Crippen molar-refractivity contribution in [2.75, 3.05) is 0 Å². The lowest BCUT2D eigenvalue weighted by Crippen LogP contribution is -2.52. The molecule has 208 valence electrons. The highest BCUT2D eigenvalue weighted by Crippen LogP contribution is 2.33. The average Bonchev–Trinajstić information content (AvgIpc) is 2.78. The van der Waals surface area contributed by atoms with Crippen LogP contribution < -0.4 is 21.7 Å². The van der Waals surface area contributed by atoms with E-state index in [-0.39, 0.29) is 24.7 Å². The molecule has 0 saturated heterocycles. The van der Waals surface area contributed by atoms with Gasteiger partial charge in [-0.1, -0.05) is 63.2 Å². The van der Waals surface area contributed by atoms with Crippen molar-refractivity contribution in [1.82, 2.24) is 16.0 Å². The lowest BCUT2D eigenvalue weighted by molar-refractivity contribution is -0.138. The van der Waals surface area contributed by atoms with Crippen LogP contribution in [0.3, 0.4) is 0 Å². The van der Waals surface area contributed by atoms with Crippen LogP contribution in [0.25, 0.3) is 10.8 Å². The summed E-state index contributed by atoms with van der Waals surface area (Å²) in [6.45, 7) is 13.0. The van der Waals surface area contributed by atoms with Crippen molar-refractivity contribution in [2.45, 2.75) is 85.5 Å². The number of nitrogens with one attached hydrogen (secondary N) is 3. The summed E-state index contributed by atoms with van der Waals surface area (Å²) in [5, 5.41) is 10.6. The summed E-state index contributed by atoms with van der Waals surface area (Å²) in [7, 11) is 0. The molecule has 0 aromatic heterocycles. The number of carbonyl (C=O) groups is 4. The highest BCUT2D eigenvalue weighted by atomic mass is 16.6. The van der Waals surface area contributed by atoms with Crippen molar-refractivity contribution >= 4 is 34.6 Å². The van der Waals surface area contributed by atoms with Gasteiger partial charge in [0.1, 0.15) is 12.1 Å². The third-order valence-electron chi connectivity index (χ3n) is 6.11. The van der Waals surface area contributed by atoms with E-state index in [9.17, 15) is 19.2 Å². The number of fused-ring (bicyclic) bond motifs is 1. The summed E-state index contributed by atoms with van der Waals surface area (Å²) in [4.78, 5) is 50.4. The molecule has 2 rings (SSSR count). The minimum absolute atomic E-state index is 0.0378. The maximum Gasteiger partial charge on any atom is 0.404 e. The number of hydrogen-bond acceptors (Lipinski definition) is 5. The van der Waals surface area contributed by atoms with Crippen molar-refractivity contribution in [1.29, 1.82) is 0 Å². The minimum Gasteiger partial charge on any atom is -0.446 e. The van der Waals surface area contributed by atoms with Gasteiger partial charge in [0.05, 0.1) is 5.92 Å². The Bertz CT molecular complexity index is 1140. The molecule has 38 heavy (non-hydrogen) atoms. The van der Waals surface area contributed by atoms with Gasteiger partial charge in [-0.15, -0.1) is 0 Å². The van der Waals surface area contributed by atoms with Crippen molar-refractivity contribution in [3.63, 3.8) is 0 Å². The summed E-state index contributed by atoms with van der Waals surface area (Å²) in [5.74, 6) is -1.90. The van der Waals surface area contributed by atoms with Gasteiger partial charge >= 0.3 is 6.09 Å². The van der Waals surface area contributed by atoms with E-state index in [4.69, 9.17) is 10.5 Å². The molecular formula is C29H42N4O5. The van der Waals surface area contributed by atoms with E-state index in [1.54, 1.807) is 6.92 Å². The Kier molecular flexibility index (Phi) is 10.3. The highest BCUT2D eigenvalue weighted by molar-refractivity contribution is 5.90. The van der Waals surface area contributed by atoms with Gasteiger partial charge < -0.3 is 26.4 Å². The molecule has 9 nitrogen and oxygen atoms in total. The second kappa shape index (κ2) is 12.8. The van der Waals surface area contributed by atoms with Crippen LogP contribution in [0.1, 0.15) is 66.9 Å². The molecule has 0 heterocycles. The van der Waals surface area contributed by atoms with Gasteiger partial charge in [-0.05, 0) is 55.9 Å². The van der Waals surface area contributed by atoms with Crippen molar-refractivity contribution in [2.24, 2.45) is 17.1 Å². The number of ether oxygens (including phenoxy) is 1. The number of primary amides is 1. The van der Waals surface area contributed by atoms with Gasteiger partial charge in [-0.25, -0.2) is 4.79 Å². The Morgan fingerprint density at radius 2 is 1.55 bits per heavy atom. The van der Waals surface area contributed by atoms with Gasteiger partial charge in [-0.3, -0.25) is 14.4 Å². The molecule has 4 amide bonds. The smallest absolute Gasteiger partial charge is 0.404 e. The topological polar surface area (TPSA) is 140 Å². The van der Waals surface area contributed by atoms with E-state index in [2.05, 4.69) is 16.0 Å². The van der Waals surface area contributed by atoms with Crippen LogP contribution in [0.15, 0.2) is 42.5 Å². The van der Waals surface area contributed by atoms with E-state index in [1.807, 2.05) is 84.0 Å². The van der Waals surface area contributed by atoms with E-state index >= 15 is 0 Å². The fourth-order valence-electron chi connectivity index (χ4n) is 4.47. The molecule has 0 aliphatic heterocycles. The normalized spacial score (nSPS) is 14.2. The molecule has 0 fully saturated rings. The number of hydrogen-bond donors (Lipinski definition) is 4. The summed E-state index contributed by atoms with van der Waals surface area (Å²) in [6.07, 6.45) is -1.85. The molecule has 2 aromatic rings. The zero-order chi connectivity index (χ0) is 28.7. The van der Waals surface area contributed by atoms with Crippen LogP contribution in [0, 0.1) is 11.3 Å².